The average molecular weight is 526 g/mol. The molecule has 39 heavy (non-hydrogen) atoms. The minimum absolute atomic E-state index is 0.106. The fourth-order valence-corrected chi connectivity index (χ4v) is 5.47. The zero-order chi connectivity index (χ0) is 27.8. The minimum Gasteiger partial charge on any atom is -0.507 e. The van der Waals surface area contributed by atoms with E-state index in [2.05, 4.69) is 48.3 Å². The van der Waals surface area contributed by atoms with E-state index in [1.807, 2.05) is 49.1 Å². The Morgan fingerprint density at radius 3 is 2.38 bits per heavy atom. The summed E-state index contributed by atoms with van der Waals surface area (Å²) < 4.78 is 10.9. The number of H-pyrrole nitrogens is 1. The number of phenols is 1. The lowest BCUT2D eigenvalue weighted by Gasteiger charge is -2.27. The summed E-state index contributed by atoms with van der Waals surface area (Å²) in [5, 5.41) is 18.5. The highest BCUT2D eigenvalue weighted by Crippen LogP contribution is 2.45. The number of aryl methyl sites for hydroxylation is 2. The smallest absolute Gasteiger partial charge is 0.273 e. The van der Waals surface area contributed by atoms with E-state index >= 15 is 0 Å². The standard InChI is InChI=1S/C32H35N3O4/c1-18(2)22-8-10-23(11-9-22)30-27-28(24-16-19(3)15-20(4)31(24)36)33-34-29(27)32(37)35(30)14-13-21-7-12-25(38-5)26(17-21)39-6/h7-12,15-18,30,36H,13-14H2,1-6H3,(H,33,34). The molecular formula is C32H35N3O4. The van der Waals surface area contributed by atoms with Crippen LogP contribution in [0.4, 0.5) is 0 Å². The molecule has 0 saturated heterocycles. The van der Waals surface area contributed by atoms with Crippen molar-refractivity contribution >= 4 is 5.91 Å². The van der Waals surface area contributed by atoms with E-state index in [-0.39, 0.29) is 17.7 Å². The van der Waals surface area contributed by atoms with Crippen molar-refractivity contribution in [3.63, 3.8) is 0 Å². The largest absolute Gasteiger partial charge is 0.507 e. The highest BCUT2D eigenvalue weighted by atomic mass is 16.5. The summed E-state index contributed by atoms with van der Waals surface area (Å²) in [6.07, 6.45) is 0.633. The molecule has 3 aromatic carbocycles. The number of benzene rings is 3. The molecule has 5 rings (SSSR count). The molecule has 1 unspecified atom stereocenters. The first kappa shape index (κ1) is 26.4. The third kappa shape index (κ3) is 4.73. The van der Waals surface area contributed by atoms with Crippen LogP contribution >= 0.6 is 0 Å². The Kier molecular flexibility index (Phi) is 7.08. The normalized spacial score (nSPS) is 14.7. The summed E-state index contributed by atoms with van der Waals surface area (Å²) in [6, 6.07) is 17.8. The third-order valence-corrected chi connectivity index (χ3v) is 7.57. The van der Waals surface area contributed by atoms with Crippen molar-refractivity contribution in [3.8, 4) is 28.5 Å². The van der Waals surface area contributed by atoms with Crippen molar-refractivity contribution in [2.24, 2.45) is 0 Å². The second-order valence-electron chi connectivity index (χ2n) is 10.5. The van der Waals surface area contributed by atoms with E-state index in [1.54, 1.807) is 14.2 Å². The Morgan fingerprint density at radius 2 is 1.72 bits per heavy atom. The summed E-state index contributed by atoms with van der Waals surface area (Å²) in [7, 11) is 3.23. The number of nitrogens with one attached hydrogen (secondary N) is 1. The Hall–Kier alpha value is -4.26. The number of fused-ring (bicyclic) bond motifs is 1. The van der Waals surface area contributed by atoms with Gasteiger partial charge in [-0.3, -0.25) is 9.89 Å². The molecule has 4 aromatic rings. The number of hydrogen-bond donors (Lipinski definition) is 2. The van der Waals surface area contributed by atoms with Gasteiger partial charge in [0.25, 0.3) is 5.91 Å². The Morgan fingerprint density at radius 1 is 1.00 bits per heavy atom. The van der Waals surface area contributed by atoms with Crippen LogP contribution in [-0.2, 0) is 6.42 Å². The molecule has 0 fully saturated rings. The lowest BCUT2D eigenvalue weighted by Crippen LogP contribution is -2.31. The van der Waals surface area contributed by atoms with Crippen LogP contribution in [0.15, 0.2) is 54.6 Å². The summed E-state index contributed by atoms with van der Waals surface area (Å²) in [5.41, 5.74) is 7.56. The molecule has 0 bridgehead atoms. The highest BCUT2D eigenvalue weighted by Gasteiger charge is 2.42. The molecule has 0 aliphatic carbocycles. The highest BCUT2D eigenvalue weighted by molar-refractivity contribution is 6.00. The van der Waals surface area contributed by atoms with Gasteiger partial charge in [-0.15, -0.1) is 0 Å². The van der Waals surface area contributed by atoms with Crippen molar-refractivity contribution in [1.82, 2.24) is 15.1 Å². The second kappa shape index (κ2) is 10.5. The fourth-order valence-electron chi connectivity index (χ4n) is 5.47. The molecule has 7 nitrogen and oxygen atoms in total. The number of rotatable bonds is 8. The van der Waals surface area contributed by atoms with E-state index in [0.29, 0.717) is 47.3 Å². The lowest BCUT2D eigenvalue weighted by atomic mass is 9.92. The van der Waals surface area contributed by atoms with Crippen LogP contribution in [0.5, 0.6) is 17.2 Å². The van der Waals surface area contributed by atoms with Gasteiger partial charge >= 0.3 is 0 Å². The maximum absolute atomic E-state index is 13.8. The minimum atomic E-state index is -0.345. The fraction of sp³-hybridized carbons (Fsp3) is 0.312. The van der Waals surface area contributed by atoms with Gasteiger partial charge in [0.2, 0.25) is 0 Å². The maximum Gasteiger partial charge on any atom is 0.273 e. The number of nitrogens with zero attached hydrogens (tertiary/aromatic N) is 2. The molecular weight excluding hydrogens is 490 g/mol. The Labute approximate surface area is 229 Å². The van der Waals surface area contributed by atoms with Crippen molar-refractivity contribution in [2.75, 3.05) is 20.8 Å². The van der Waals surface area contributed by atoms with E-state index in [9.17, 15) is 9.90 Å². The van der Waals surface area contributed by atoms with Gasteiger partial charge in [0.15, 0.2) is 11.5 Å². The molecule has 1 aromatic heterocycles. The molecule has 1 atom stereocenters. The SMILES string of the molecule is COc1ccc(CCN2C(=O)c3[nH]nc(-c4cc(C)cc(C)c4O)c3C2c2ccc(C(C)C)cc2)cc1OC. The number of aromatic amines is 1. The number of carbonyl (C=O) groups is 1. The van der Waals surface area contributed by atoms with Crippen LogP contribution in [0.25, 0.3) is 11.3 Å². The van der Waals surface area contributed by atoms with Gasteiger partial charge in [-0.05, 0) is 72.2 Å². The molecule has 0 radical (unpaired) electrons. The third-order valence-electron chi connectivity index (χ3n) is 7.57. The molecule has 7 heteroatoms. The van der Waals surface area contributed by atoms with E-state index in [0.717, 1.165) is 27.8 Å². The predicted octanol–water partition coefficient (Wildman–Crippen LogP) is 6.33. The van der Waals surface area contributed by atoms with Crippen LogP contribution in [0, 0.1) is 13.8 Å². The first-order chi connectivity index (χ1) is 18.7. The summed E-state index contributed by atoms with van der Waals surface area (Å²) in [4.78, 5) is 15.7. The molecule has 1 aliphatic heterocycles. The number of aromatic hydroxyl groups is 1. The van der Waals surface area contributed by atoms with E-state index < -0.39 is 0 Å². The van der Waals surface area contributed by atoms with Gasteiger partial charge in [-0.1, -0.05) is 50.2 Å². The van der Waals surface area contributed by atoms with Crippen molar-refractivity contribution < 1.29 is 19.4 Å². The second-order valence-corrected chi connectivity index (χ2v) is 10.5. The van der Waals surface area contributed by atoms with Crippen LogP contribution in [-0.4, -0.2) is 46.9 Å². The number of ether oxygens (including phenoxy) is 2. The Bertz CT molecular complexity index is 1520. The van der Waals surface area contributed by atoms with Crippen molar-refractivity contribution in [2.45, 2.75) is 46.1 Å². The number of hydrogen-bond acceptors (Lipinski definition) is 5. The van der Waals surface area contributed by atoms with E-state index in [4.69, 9.17) is 9.47 Å². The first-order valence-corrected chi connectivity index (χ1v) is 13.2. The molecule has 0 saturated carbocycles. The van der Waals surface area contributed by atoms with Gasteiger partial charge in [0.1, 0.15) is 17.1 Å². The molecule has 2 heterocycles. The molecule has 202 valence electrons. The maximum atomic E-state index is 13.8. The number of amides is 1. The van der Waals surface area contributed by atoms with Crippen LogP contribution in [0.1, 0.15) is 69.7 Å². The average Bonchev–Trinajstić information content (AvgIpc) is 3.47. The van der Waals surface area contributed by atoms with Gasteiger partial charge in [0, 0.05) is 17.7 Å². The van der Waals surface area contributed by atoms with E-state index in [1.165, 1.54) is 5.56 Å². The van der Waals surface area contributed by atoms with Crippen LogP contribution in [0.2, 0.25) is 0 Å². The van der Waals surface area contributed by atoms with Gasteiger partial charge < -0.3 is 19.5 Å². The number of phenolic OH excluding ortho intramolecular Hbond substituents is 1. The zero-order valence-corrected chi connectivity index (χ0v) is 23.3. The van der Waals surface area contributed by atoms with Crippen molar-refractivity contribution in [3.05, 3.63) is 93.7 Å². The number of methoxy groups -OCH3 is 2. The van der Waals surface area contributed by atoms with Gasteiger partial charge in [-0.2, -0.15) is 5.10 Å². The van der Waals surface area contributed by atoms with Gasteiger partial charge in [0.05, 0.1) is 20.3 Å². The summed E-state index contributed by atoms with van der Waals surface area (Å²) >= 11 is 0. The first-order valence-electron chi connectivity index (χ1n) is 13.2. The predicted molar refractivity (Wildman–Crippen MR) is 152 cm³/mol. The van der Waals surface area contributed by atoms with Crippen LogP contribution in [0.3, 0.4) is 0 Å². The summed E-state index contributed by atoms with van der Waals surface area (Å²) in [6.45, 7) is 8.69. The quantitative estimate of drug-likeness (QED) is 0.281. The lowest BCUT2D eigenvalue weighted by molar-refractivity contribution is 0.0746. The molecule has 1 aliphatic rings. The molecule has 1 amide bonds. The van der Waals surface area contributed by atoms with Gasteiger partial charge in [-0.25, -0.2) is 0 Å². The zero-order valence-electron chi connectivity index (χ0n) is 23.3. The topological polar surface area (TPSA) is 87.7 Å². The number of aromatic nitrogens is 2. The summed E-state index contributed by atoms with van der Waals surface area (Å²) in [5.74, 6) is 1.80. The van der Waals surface area contributed by atoms with Crippen molar-refractivity contribution in [1.29, 1.82) is 0 Å². The molecule has 0 spiro atoms. The molecule has 2 N–H and O–H groups in total. The monoisotopic (exact) mass is 525 g/mol. The van der Waals surface area contributed by atoms with Crippen LogP contribution < -0.4 is 9.47 Å². The Balaban J connectivity index is 1.57. The number of carbonyl (C=O) groups excluding carboxylic acids is 1.